The summed E-state index contributed by atoms with van der Waals surface area (Å²) in [6.45, 7) is 0. The van der Waals surface area contributed by atoms with Crippen molar-refractivity contribution in [2.75, 3.05) is 7.11 Å². The number of carbonyl (C=O) groups is 2. The molecule has 0 spiro atoms. The molecule has 0 bridgehead atoms. The van der Waals surface area contributed by atoms with Crippen molar-refractivity contribution >= 4 is 23.4 Å². The van der Waals surface area contributed by atoms with Gasteiger partial charge in [-0.05, 0) is 34.4 Å². The Balaban J connectivity index is 1.81. The first-order valence-electron chi connectivity index (χ1n) is 11.6. The molecule has 0 aliphatic heterocycles. The van der Waals surface area contributed by atoms with Crippen LogP contribution in [0.15, 0.2) is 109 Å². The van der Waals surface area contributed by atoms with Crippen LogP contribution >= 0.6 is 11.6 Å². The van der Waals surface area contributed by atoms with Gasteiger partial charge in [0.05, 0.1) is 12.1 Å². The second-order valence-corrected chi connectivity index (χ2v) is 8.86. The average molecular weight is 499 g/mol. The molecule has 0 aliphatic rings. The van der Waals surface area contributed by atoms with Gasteiger partial charge < -0.3 is 15.8 Å². The number of methoxy groups -OCH3 is 1. The lowest BCUT2D eigenvalue weighted by atomic mass is 9.68. The van der Waals surface area contributed by atoms with Gasteiger partial charge in [-0.1, -0.05) is 109 Å². The highest BCUT2D eigenvalue weighted by molar-refractivity contribution is 6.32. The zero-order valence-corrected chi connectivity index (χ0v) is 20.6. The fraction of sp³-hybridized carbons (Fsp3) is 0.133. The maximum absolute atomic E-state index is 14.4. The van der Waals surface area contributed by atoms with Crippen molar-refractivity contribution in [1.29, 1.82) is 0 Å². The topological polar surface area (TPSA) is 81.4 Å². The molecule has 0 fully saturated rings. The third kappa shape index (κ3) is 4.97. The monoisotopic (exact) mass is 498 g/mol. The number of nitrogens with two attached hydrogens (primary N) is 1. The summed E-state index contributed by atoms with van der Waals surface area (Å²) in [6.07, 6.45) is 0.180. The molecule has 0 radical (unpaired) electrons. The van der Waals surface area contributed by atoms with E-state index in [2.05, 4.69) is 5.32 Å². The first-order chi connectivity index (χ1) is 17.5. The maximum Gasteiger partial charge on any atom is 0.240 e. The first kappa shape index (κ1) is 25.0. The molecule has 0 saturated carbocycles. The van der Waals surface area contributed by atoms with Gasteiger partial charge >= 0.3 is 0 Å². The standard InChI is InChI=1S/C30H27ClN2O3/c1-36-27-18-17-21(19-25(27)31)20-26(28(32)34)33-29(35)30(22-11-5-2-6-12-22,23-13-7-3-8-14-23)24-15-9-4-10-16-24/h2-19,26H,20H2,1H3,(H2,32,34)(H,33,35)/t26-/m1/s1. The Morgan fingerprint density at radius 3 is 1.69 bits per heavy atom. The summed E-state index contributed by atoms with van der Waals surface area (Å²) in [6, 6.07) is 32.9. The van der Waals surface area contributed by atoms with E-state index in [0.717, 1.165) is 22.3 Å². The SMILES string of the molecule is COc1ccc(C[C@@H](NC(=O)C(c2ccccc2)(c2ccccc2)c2ccccc2)C(N)=O)cc1Cl. The van der Waals surface area contributed by atoms with Crippen LogP contribution in [0.3, 0.4) is 0 Å². The number of carbonyl (C=O) groups excluding carboxylic acids is 2. The molecule has 1 atom stereocenters. The van der Waals surface area contributed by atoms with E-state index in [4.69, 9.17) is 22.1 Å². The summed E-state index contributed by atoms with van der Waals surface area (Å²) in [7, 11) is 1.53. The Hall–Kier alpha value is -4.09. The van der Waals surface area contributed by atoms with E-state index < -0.39 is 17.4 Å². The summed E-state index contributed by atoms with van der Waals surface area (Å²) in [5.74, 6) is -0.468. The van der Waals surface area contributed by atoms with Crippen LogP contribution in [0.5, 0.6) is 5.75 Å². The highest BCUT2D eigenvalue weighted by Crippen LogP contribution is 2.39. The van der Waals surface area contributed by atoms with Crippen molar-refractivity contribution in [3.8, 4) is 5.75 Å². The number of nitrogens with one attached hydrogen (secondary N) is 1. The van der Waals surface area contributed by atoms with Crippen LogP contribution < -0.4 is 15.8 Å². The second-order valence-electron chi connectivity index (χ2n) is 8.45. The summed E-state index contributed by atoms with van der Waals surface area (Å²) in [4.78, 5) is 26.9. The van der Waals surface area contributed by atoms with Crippen LogP contribution in [0.1, 0.15) is 22.3 Å². The zero-order chi connectivity index (χ0) is 25.5. The predicted octanol–water partition coefficient (Wildman–Crippen LogP) is 4.90. The van der Waals surface area contributed by atoms with Crippen LogP contribution in [0.4, 0.5) is 0 Å². The normalized spacial score (nSPS) is 11.9. The highest BCUT2D eigenvalue weighted by Gasteiger charge is 2.44. The minimum atomic E-state index is -1.21. The Kier molecular flexibility index (Phi) is 7.71. The van der Waals surface area contributed by atoms with Crippen LogP contribution in [0, 0.1) is 0 Å². The second kappa shape index (κ2) is 11.1. The molecule has 3 N–H and O–H groups in total. The van der Waals surface area contributed by atoms with Crippen molar-refractivity contribution in [2.24, 2.45) is 5.73 Å². The smallest absolute Gasteiger partial charge is 0.240 e. The van der Waals surface area contributed by atoms with Gasteiger partial charge in [0.15, 0.2) is 0 Å². The molecular formula is C30H27ClN2O3. The Bertz CT molecular complexity index is 1230. The van der Waals surface area contributed by atoms with Crippen LogP contribution in [-0.2, 0) is 21.4 Å². The fourth-order valence-corrected chi connectivity index (χ4v) is 4.80. The van der Waals surface area contributed by atoms with Gasteiger partial charge in [-0.15, -0.1) is 0 Å². The van der Waals surface area contributed by atoms with Crippen LogP contribution in [-0.4, -0.2) is 25.0 Å². The Morgan fingerprint density at radius 1 is 0.833 bits per heavy atom. The molecule has 0 aliphatic carbocycles. The fourth-order valence-electron chi connectivity index (χ4n) is 4.52. The molecule has 0 aromatic heterocycles. The highest BCUT2D eigenvalue weighted by atomic mass is 35.5. The van der Waals surface area contributed by atoms with Gasteiger partial charge in [0.2, 0.25) is 11.8 Å². The number of benzene rings is 4. The lowest BCUT2D eigenvalue weighted by Gasteiger charge is -2.35. The van der Waals surface area contributed by atoms with Gasteiger partial charge in [-0.25, -0.2) is 0 Å². The number of halogens is 1. The maximum atomic E-state index is 14.4. The van der Waals surface area contributed by atoms with Crippen molar-refractivity contribution in [1.82, 2.24) is 5.32 Å². The third-order valence-electron chi connectivity index (χ3n) is 6.27. The molecule has 36 heavy (non-hydrogen) atoms. The Labute approximate surface area is 215 Å². The molecule has 0 unspecified atom stereocenters. The van der Waals surface area contributed by atoms with Gasteiger partial charge in [0, 0.05) is 6.42 Å². The van der Waals surface area contributed by atoms with Crippen LogP contribution in [0.2, 0.25) is 5.02 Å². The van der Waals surface area contributed by atoms with Gasteiger partial charge in [-0.3, -0.25) is 9.59 Å². The molecule has 0 heterocycles. The molecule has 0 saturated heterocycles. The molecule has 4 aromatic carbocycles. The molecule has 5 nitrogen and oxygen atoms in total. The van der Waals surface area contributed by atoms with E-state index in [9.17, 15) is 9.59 Å². The lowest BCUT2D eigenvalue weighted by Crippen LogP contribution is -2.54. The summed E-state index contributed by atoms with van der Waals surface area (Å²) < 4.78 is 5.22. The molecule has 6 heteroatoms. The number of amides is 2. The Morgan fingerprint density at radius 2 is 1.31 bits per heavy atom. The van der Waals surface area contributed by atoms with Crippen molar-refractivity contribution < 1.29 is 14.3 Å². The van der Waals surface area contributed by atoms with Crippen molar-refractivity contribution in [3.05, 3.63) is 136 Å². The van der Waals surface area contributed by atoms with Crippen molar-refractivity contribution in [2.45, 2.75) is 17.9 Å². The molecule has 182 valence electrons. The van der Waals surface area contributed by atoms with Crippen molar-refractivity contribution in [3.63, 3.8) is 0 Å². The van der Waals surface area contributed by atoms with Gasteiger partial charge in [0.25, 0.3) is 0 Å². The molecule has 2 amide bonds. The number of hydrogen-bond acceptors (Lipinski definition) is 3. The number of rotatable bonds is 9. The molecular weight excluding hydrogens is 472 g/mol. The van der Waals surface area contributed by atoms with E-state index >= 15 is 0 Å². The van der Waals surface area contributed by atoms with E-state index in [-0.39, 0.29) is 12.3 Å². The van der Waals surface area contributed by atoms with E-state index in [1.165, 1.54) is 7.11 Å². The van der Waals surface area contributed by atoms with E-state index in [0.29, 0.717) is 10.8 Å². The summed E-state index contributed by atoms with van der Waals surface area (Å²) >= 11 is 6.28. The number of primary amides is 1. The van der Waals surface area contributed by atoms with Crippen LogP contribution in [0.25, 0.3) is 0 Å². The van der Waals surface area contributed by atoms with E-state index in [1.807, 2.05) is 91.0 Å². The van der Waals surface area contributed by atoms with Gasteiger partial charge in [-0.2, -0.15) is 0 Å². The molecule has 4 rings (SSSR count). The first-order valence-corrected chi connectivity index (χ1v) is 11.9. The third-order valence-corrected chi connectivity index (χ3v) is 6.56. The number of hydrogen-bond donors (Lipinski definition) is 2. The predicted molar refractivity (Wildman–Crippen MR) is 142 cm³/mol. The zero-order valence-electron chi connectivity index (χ0n) is 19.9. The lowest BCUT2D eigenvalue weighted by molar-refractivity contribution is -0.129. The quantitative estimate of drug-likeness (QED) is 0.322. The number of ether oxygens (including phenoxy) is 1. The van der Waals surface area contributed by atoms with Gasteiger partial charge in [0.1, 0.15) is 17.2 Å². The largest absolute Gasteiger partial charge is 0.495 e. The van der Waals surface area contributed by atoms with E-state index in [1.54, 1.807) is 18.2 Å². The summed E-state index contributed by atoms with van der Waals surface area (Å²) in [5.41, 5.74) is 7.63. The minimum Gasteiger partial charge on any atom is -0.495 e. The summed E-state index contributed by atoms with van der Waals surface area (Å²) in [5, 5.41) is 3.38. The minimum absolute atomic E-state index is 0.180. The molecule has 4 aromatic rings. The average Bonchev–Trinajstić information content (AvgIpc) is 2.91.